The molecule has 100 valence electrons. The maximum Gasteiger partial charge on any atom is 0.322 e. The van der Waals surface area contributed by atoms with E-state index in [0.717, 1.165) is 0 Å². The molecule has 1 unspecified atom stereocenters. The van der Waals surface area contributed by atoms with E-state index in [-0.39, 0.29) is 11.5 Å². The first kappa shape index (κ1) is 14.5. The van der Waals surface area contributed by atoms with Gasteiger partial charge in [0.1, 0.15) is 5.75 Å². The topological polar surface area (TPSA) is 91.7 Å². The third-order valence-corrected chi connectivity index (χ3v) is 4.80. The molecule has 0 saturated heterocycles. The molecule has 0 aliphatic heterocycles. The molecule has 0 bridgehead atoms. The molecule has 0 saturated carbocycles. The molecule has 1 aromatic carbocycles. The SMILES string of the molecule is CC(C)C(C(=O)O)S(=O)(=O)Cc1ccc(O)cc1. The number of aromatic hydroxyl groups is 1. The van der Waals surface area contributed by atoms with E-state index in [1.165, 1.54) is 24.3 Å². The van der Waals surface area contributed by atoms with Gasteiger partial charge >= 0.3 is 5.97 Å². The highest BCUT2D eigenvalue weighted by atomic mass is 32.2. The number of hydrogen-bond donors (Lipinski definition) is 2. The van der Waals surface area contributed by atoms with Crippen LogP contribution in [0.1, 0.15) is 19.4 Å². The lowest BCUT2D eigenvalue weighted by molar-refractivity contribution is -0.137. The van der Waals surface area contributed by atoms with Crippen molar-refractivity contribution < 1.29 is 23.4 Å². The summed E-state index contributed by atoms with van der Waals surface area (Å²) in [5, 5.41) is 16.7. The van der Waals surface area contributed by atoms with Crippen molar-refractivity contribution in [1.82, 2.24) is 0 Å². The average Bonchev–Trinajstić information content (AvgIpc) is 2.19. The van der Waals surface area contributed by atoms with Crippen molar-refractivity contribution >= 4 is 15.8 Å². The number of rotatable bonds is 5. The molecule has 0 aliphatic rings. The van der Waals surface area contributed by atoms with Crippen LogP contribution in [0.3, 0.4) is 0 Å². The van der Waals surface area contributed by atoms with E-state index in [4.69, 9.17) is 10.2 Å². The summed E-state index contributed by atoms with van der Waals surface area (Å²) in [6, 6.07) is 5.67. The van der Waals surface area contributed by atoms with Gasteiger partial charge < -0.3 is 10.2 Å². The second kappa shape index (κ2) is 5.39. The first-order chi connectivity index (χ1) is 8.24. The Morgan fingerprint density at radius 2 is 1.72 bits per heavy atom. The minimum Gasteiger partial charge on any atom is -0.508 e. The number of sulfone groups is 1. The van der Waals surface area contributed by atoms with Crippen LogP contribution in [0, 0.1) is 5.92 Å². The number of phenols is 1. The van der Waals surface area contributed by atoms with E-state index < -0.39 is 27.0 Å². The highest BCUT2D eigenvalue weighted by molar-refractivity contribution is 7.92. The molecule has 0 amide bonds. The van der Waals surface area contributed by atoms with Crippen LogP contribution in [-0.4, -0.2) is 29.9 Å². The van der Waals surface area contributed by atoms with Gasteiger partial charge in [-0.2, -0.15) is 0 Å². The summed E-state index contributed by atoms with van der Waals surface area (Å²) in [6.07, 6.45) is 0. The summed E-state index contributed by atoms with van der Waals surface area (Å²) < 4.78 is 24.0. The van der Waals surface area contributed by atoms with Gasteiger partial charge in [-0.15, -0.1) is 0 Å². The molecule has 0 radical (unpaired) electrons. The highest BCUT2D eigenvalue weighted by Crippen LogP contribution is 2.19. The van der Waals surface area contributed by atoms with Crippen LogP contribution in [0.15, 0.2) is 24.3 Å². The van der Waals surface area contributed by atoms with Gasteiger partial charge in [0.2, 0.25) is 0 Å². The molecule has 5 nitrogen and oxygen atoms in total. The Hall–Kier alpha value is -1.56. The lowest BCUT2D eigenvalue weighted by Crippen LogP contribution is -2.35. The normalized spacial score (nSPS) is 13.5. The lowest BCUT2D eigenvalue weighted by atomic mass is 10.1. The minimum atomic E-state index is -3.77. The number of benzene rings is 1. The Bertz CT molecular complexity index is 516. The molecule has 0 spiro atoms. The Morgan fingerprint density at radius 1 is 1.22 bits per heavy atom. The molecule has 0 heterocycles. The van der Waals surface area contributed by atoms with E-state index in [9.17, 15) is 13.2 Å². The summed E-state index contributed by atoms with van der Waals surface area (Å²) in [5.41, 5.74) is 0.458. The zero-order chi connectivity index (χ0) is 13.9. The highest BCUT2D eigenvalue weighted by Gasteiger charge is 2.35. The predicted molar refractivity (Wildman–Crippen MR) is 67.0 cm³/mol. The van der Waals surface area contributed by atoms with Crippen LogP contribution in [0.25, 0.3) is 0 Å². The van der Waals surface area contributed by atoms with Gasteiger partial charge in [-0.1, -0.05) is 26.0 Å². The molecular formula is C12H16O5S. The summed E-state index contributed by atoms with van der Waals surface area (Å²) in [7, 11) is -3.77. The number of phenolic OH excluding ortho intramolecular Hbond substituents is 1. The fraction of sp³-hybridized carbons (Fsp3) is 0.417. The summed E-state index contributed by atoms with van der Waals surface area (Å²) in [4.78, 5) is 11.0. The van der Waals surface area contributed by atoms with Crippen LogP contribution in [0.4, 0.5) is 0 Å². The molecule has 1 atom stereocenters. The molecular weight excluding hydrogens is 256 g/mol. The van der Waals surface area contributed by atoms with Crippen molar-refractivity contribution in [2.24, 2.45) is 5.92 Å². The van der Waals surface area contributed by atoms with Crippen molar-refractivity contribution in [2.75, 3.05) is 0 Å². The van der Waals surface area contributed by atoms with E-state index >= 15 is 0 Å². The Morgan fingerprint density at radius 3 is 2.11 bits per heavy atom. The average molecular weight is 272 g/mol. The summed E-state index contributed by atoms with van der Waals surface area (Å²) in [5.74, 6) is -2.13. The van der Waals surface area contributed by atoms with Gasteiger partial charge in [0.15, 0.2) is 15.1 Å². The maximum absolute atomic E-state index is 12.0. The van der Waals surface area contributed by atoms with E-state index in [2.05, 4.69) is 0 Å². The Balaban J connectivity index is 3.00. The van der Waals surface area contributed by atoms with E-state index in [0.29, 0.717) is 5.56 Å². The first-order valence-corrected chi connectivity index (χ1v) is 7.18. The zero-order valence-electron chi connectivity index (χ0n) is 10.2. The largest absolute Gasteiger partial charge is 0.508 e. The second-order valence-electron chi connectivity index (χ2n) is 4.48. The monoisotopic (exact) mass is 272 g/mol. The van der Waals surface area contributed by atoms with Gasteiger partial charge in [0.05, 0.1) is 5.75 Å². The standard InChI is InChI=1S/C12H16O5S/c1-8(2)11(12(14)15)18(16,17)7-9-3-5-10(13)6-4-9/h3-6,8,11,13H,7H2,1-2H3,(H,14,15). The molecule has 0 fully saturated rings. The molecule has 2 N–H and O–H groups in total. The van der Waals surface area contributed by atoms with Gasteiger partial charge in [-0.3, -0.25) is 4.79 Å². The molecule has 0 aromatic heterocycles. The van der Waals surface area contributed by atoms with Crippen molar-refractivity contribution in [3.8, 4) is 5.75 Å². The molecule has 0 aliphatic carbocycles. The third kappa shape index (κ3) is 3.46. The van der Waals surface area contributed by atoms with Crippen molar-refractivity contribution in [2.45, 2.75) is 24.9 Å². The number of carboxylic acid groups (broad SMARTS) is 1. The number of carbonyl (C=O) groups is 1. The predicted octanol–water partition coefficient (Wildman–Crippen LogP) is 1.42. The zero-order valence-corrected chi connectivity index (χ0v) is 11.0. The Labute approximate surface area is 106 Å². The molecule has 1 rings (SSSR count). The van der Waals surface area contributed by atoms with Crippen LogP contribution < -0.4 is 0 Å². The van der Waals surface area contributed by atoms with Crippen LogP contribution in [-0.2, 0) is 20.4 Å². The number of hydrogen-bond acceptors (Lipinski definition) is 4. The smallest absolute Gasteiger partial charge is 0.322 e. The summed E-state index contributed by atoms with van der Waals surface area (Å²) in [6.45, 7) is 3.13. The number of aliphatic carboxylic acids is 1. The Kier molecular flexibility index (Phi) is 4.34. The van der Waals surface area contributed by atoms with Gasteiger partial charge in [0.25, 0.3) is 0 Å². The number of carboxylic acids is 1. The van der Waals surface area contributed by atoms with Crippen molar-refractivity contribution in [1.29, 1.82) is 0 Å². The fourth-order valence-corrected chi connectivity index (χ4v) is 3.74. The van der Waals surface area contributed by atoms with Gasteiger partial charge in [-0.25, -0.2) is 8.42 Å². The van der Waals surface area contributed by atoms with Gasteiger partial charge in [-0.05, 0) is 23.6 Å². The van der Waals surface area contributed by atoms with Crippen LogP contribution in [0.2, 0.25) is 0 Å². The fourth-order valence-electron chi connectivity index (χ4n) is 1.77. The van der Waals surface area contributed by atoms with Crippen molar-refractivity contribution in [3.63, 3.8) is 0 Å². The third-order valence-electron chi connectivity index (χ3n) is 2.54. The molecule has 6 heteroatoms. The summed E-state index contributed by atoms with van der Waals surface area (Å²) >= 11 is 0. The van der Waals surface area contributed by atoms with E-state index in [1.54, 1.807) is 13.8 Å². The molecule has 18 heavy (non-hydrogen) atoms. The quantitative estimate of drug-likeness (QED) is 0.845. The first-order valence-electron chi connectivity index (χ1n) is 5.46. The van der Waals surface area contributed by atoms with Crippen LogP contribution in [0.5, 0.6) is 5.75 Å². The maximum atomic E-state index is 12.0. The van der Waals surface area contributed by atoms with E-state index in [1.807, 2.05) is 0 Å². The lowest BCUT2D eigenvalue weighted by Gasteiger charge is -2.16. The van der Waals surface area contributed by atoms with Gasteiger partial charge in [0, 0.05) is 0 Å². The van der Waals surface area contributed by atoms with Crippen molar-refractivity contribution in [3.05, 3.63) is 29.8 Å². The molecule has 1 aromatic rings. The van der Waals surface area contributed by atoms with Crippen LogP contribution >= 0.6 is 0 Å². The second-order valence-corrected chi connectivity index (χ2v) is 6.60. The minimum absolute atomic E-state index is 0.0368.